The highest BCUT2D eigenvalue weighted by Gasteiger charge is 2.16. The standard InChI is InChI=1S/C17H15ClN2O3S.C15H10Cl2N2O2S/c1-2-23-17-16-8-5-14(11-12(16)9-10-19-17)20-24(21,22)15-6-3-13(18)4-7-15;16-11-1-4-13(5-2-11)22(20,21)19-12-3-6-14-10(9-12)7-8-18-15(14)17/h3-11,20H,2H2,1H3;1-9,19H. The molecule has 2 N–H and O–H groups in total. The van der Waals surface area contributed by atoms with E-state index in [1.54, 1.807) is 60.9 Å². The maximum absolute atomic E-state index is 12.4. The quantitative estimate of drug-likeness (QED) is 0.152. The Kier molecular flexibility index (Phi) is 10.2. The van der Waals surface area contributed by atoms with Crippen molar-refractivity contribution in [1.82, 2.24) is 9.97 Å². The molecule has 0 saturated heterocycles. The third-order valence-electron chi connectivity index (χ3n) is 6.48. The van der Waals surface area contributed by atoms with Crippen LogP contribution in [0.2, 0.25) is 15.2 Å². The molecule has 0 bridgehead atoms. The normalized spacial score (nSPS) is 11.5. The monoisotopic (exact) mass is 714 g/mol. The lowest BCUT2D eigenvalue weighted by atomic mass is 10.1. The molecule has 0 unspecified atom stereocenters. The SMILES string of the molecule is CCOc1nccc2cc(NS(=O)(=O)c3ccc(Cl)cc3)ccc12.O=S(=O)(Nc1ccc2c(Cl)nccc2c1)c1ccc(Cl)cc1. The summed E-state index contributed by atoms with van der Waals surface area (Å²) in [6.07, 6.45) is 3.20. The number of hydrogen-bond donors (Lipinski definition) is 2. The van der Waals surface area contributed by atoms with Crippen molar-refractivity contribution >= 4 is 87.8 Å². The summed E-state index contributed by atoms with van der Waals surface area (Å²) in [5.41, 5.74) is 0.913. The van der Waals surface area contributed by atoms with Crippen LogP contribution in [-0.2, 0) is 20.0 Å². The van der Waals surface area contributed by atoms with Gasteiger partial charge in [0.1, 0.15) is 5.15 Å². The first-order valence-corrected chi connectivity index (χ1v) is 17.7. The second-order valence-electron chi connectivity index (χ2n) is 9.64. The maximum atomic E-state index is 12.4. The Morgan fingerprint density at radius 1 is 0.609 bits per heavy atom. The highest BCUT2D eigenvalue weighted by Crippen LogP contribution is 2.28. The largest absolute Gasteiger partial charge is 0.478 e. The van der Waals surface area contributed by atoms with Crippen LogP contribution in [0.3, 0.4) is 0 Å². The molecule has 6 aromatic rings. The van der Waals surface area contributed by atoms with E-state index in [0.29, 0.717) is 39.1 Å². The highest BCUT2D eigenvalue weighted by molar-refractivity contribution is 7.93. The van der Waals surface area contributed by atoms with Gasteiger partial charge in [0.25, 0.3) is 20.0 Å². The number of rotatable bonds is 8. The van der Waals surface area contributed by atoms with Crippen molar-refractivity contribution in [3.63, 3.8) is 0 Å². The summed E-state index contributed by atoms with van der Waals surface area (Å²) in [5, 5.41) is 4.57. The molecule has 236 valence electrons. The average Bonchev–Trinajstić information content (AvgIpc) is 3.02. The summed E-state index contributed by atoms with van der Waals surface area (Å²) < 4.78 is 60.1. The molecule has 0 aliphatic rings. The van der Waals surface area contributed by atoms with Crippen LogP contribution < -0.4 is 14.2 Å². The molecule has 0 atom stereocenters. The molecular formula is C32H25Cl3N4O5S2. The fourth-order valence-corrected chi connectivity index (χ4v) is 6.91. The zero-order valence-corrected chi connectivity index (χ0v) is 27.9. The van der Waals surface area contributed by atoms with Gasteiger partial charge in [0.15, 0.2) is 0 Å². The first-order valence-electron chi connectivity index (χ1n) is 13.6. The van der Waals surface area contributed by atoms with E-state index < -0.39 is 20.0 Å². The van der Waals surface area contributed by atoms with Crippen LogP contribution in [0, 0.1) is 0 Å². The summed E-state index contributed by atoms with van der Waals surface area (Å²) in [6, 6.07) is 25.8. The van der Waals surface area contributed by atoms with Crippen LogP contribution in [-0.4, -0.2) is 33.4 Å². The Morgan fingerprint density at radius 2 is 1.07 bits per heavy atom. The molecule has 0 aliphatic carbocycles. The van der Waals surface area contributed by atoms with E-state index in [1.807, 2.05) is 6.92 Å². The minimum atomic E-state index is -3.67. The molecule has 14 heteroatoms. The number of halogens is 3. The van der Waals surface area contributed by atoms with Gasteiger partial charge in [-0.15, -0.1) is 0 Å². The van der Waals surface area contributed by atoms with Gasteiger partial charge in [-0.1, -0.05) is 34.8 Å². The third kappa shape index (κ3) is 7.98. The van der Waals surface area contributed by atoms with Gasteiger partial charge in [-0.25, -0.2) is 26.8 Å². The minimum absolute atomic E-state index is 0.143. The van der Waals surface area contributed by atoms with Crippen LogP contribution in [0.25, 0.3) is 21.5 Å². The highest BCUT2D eigenvalue weighted by atomic mass is 35.5. The van der Waals surface area contributed by atoms with Crippen molar-refractivity contribution in [2.75, 3.05) is 16.1 Å². The Hall–Kier alpha value is -4.13. The molecule has 0 spiro atoms. The fourth-order valence-electron chi connectivity index (χ4n) is 4.33. The smallest absolute Gasteiger partial charge is 0.261 e. The number of sulfonamides is 2. The van der Waals surface area contributed by atoms with Gasteiger partial charge in [-0.2, -0.15) is 0 Å². The van der Waals surface area contributed by atoms with E-state index in [9.17, 15) is 16.8 Å². The van der Waals surface area contributed by atoms with Crippen molar-refractivity contribution in [3.05, 3.63) is 125 Å². The number of fused-ring (bicyclic) bond motifs is 2. The molecule has 0 amide bonds. The second kappa shape index (κ2) is 14.1. The molecule has 4 aromatic carbocycles. The molecule has 0 aliphatic heterocycles. The van der Waals surface area contributed by atoms with E-state index in [4.69, 9.17) is 39.5 Å². The van der Waals surface area contributed by atoms with E-state index in [2.05, 4.69) is 19.4 Å². The Bertz CT molecular complexity index is 2240. The topological polar surface area (TPSA) is 127 Å². The molecule has 6 rings (SSSR count). The predicted molar refractivity (Wildman–Crippen MR) is 184 cm³/mol. The first-order chi connectivity index (χ1) is 21.9. The van der Waals surface area contributed by atoms with Crippen LogP contribution in [0.15, 0.2) is 119 Å². The Balaban J connectivity index is 0.000000182. The van der Waals surface area contributed by atoms with Crippen molar-refractivity contribution < 1.29 is 21.6 Å². The lowest BCUT2D eigenvalue weighted by Crippen LogP contribution is -2.12. The van der Waals surface area contributed by atoms with Crippen molar-refractivity contribution in [2.24, 2.45) is 0 Å². The van der Waals surface area contributed by atoms with Crippen LogP contribution in [0.1, 0.15) is 6.92 Å². The molecule has 46 heavy (non-hydrogen) atoms. The van der Waals surface area contributed by atoms with E-state index in [-0.39, 0.29) is 9.79 Å². The summed E-state index contributed by atoms with van der Waals surface area (Å²) in [4.78, 5) is 8.46. The van der Waals surface area contributed by atoms with Crippen LogP contribution in [0.5, 0.6) is 5.88 Å². The molecule has 0 radical (unpaired) electrons. The fraction of sp³-hybridized carbons (Fsp3) is 0.0625. The minimum Gasteiger partial charge on any atom is -0.478 e. The number of hydrogen-bond acceptors (Lipinski definition) is 7. The Labute approximate surface area is 281 Å². The Morgan fingerprint density at radius 3 is 1.57 bits per heavy atom. The van der Waals surface area contributed by atoms with Gasteiger partial charge < -0.3 is 4.74 Å². The maximum Gasteiger partial charge on any atom is 0.261 e. The summed E-state index contributed by atoms with van der Waals surface area (Å²) in [6.45, 7) is 2.40. The number of pyridine rings is 2. The van der Waals surface area contributed by atoms with Crippen molar-refractivity contribution in [3.8, 4) is 5.88 Å². The second-order valence-corrected chi connectivity index (χ2v) is 14.2. The zero-order chi connectivity index (χ0) is 32.9. The molecule has 2 aromatic heterocycles. The summed E-state index contributed by atoms with van der Waals surface area (Å²) in [5.74, 6) is 0.530. The molecule has 9 nitrogen and oxygen atoms in total. The van der Waals surface area contributed by atoms with E-state index in [1.165, 1.54) is 48.5 Å². The lowest BCUT2D eigenvalue weighted by molar-refractivity contribution is 0.331. The predicted octanol–water partition coefficient (Wildman–Crippen LogP) is 8.43. The van der Waals surface area contributed by atoms with Crippen LogP contribution in [0.4, 0.5) is 11.4 Å². The molecular weight excluding hydrogens is 691 g/mol. The molecule has 0 fully saturated rings. The van der Waals surface area contributed by atoms with Gasteiger partial charge in [-0.05, 0) is 115 Å². The van der Waals surface area contributed by atoms with Gasteiger partial charge in [0.2, 0.25) is 5.88 Å². The molecule has 2 heterocycles. The number of aromatic nitrogens is 2. The number of anilines is 2. The first kappa shape index (κ1) is 33.2. The van der Waals surface area contributed by atoms with Gasteiger partial charge >= 0.3 is 0 Å². The number of nitrogens with zero attached hydrogens (tertiary/aromatic N) is 2. The third-order valence-corrected chi connectivity index (χ3v) is 10.1. The number of nitrogens with one attached hydrogen (secondary N) is 2. The van der Waals surface area contributed by atoms with E-state index in [0.717, 1.165) is 21.5 Å². The lowest BCUT2D eigenvalue weighted by Gasteiger charge is -2.10. The van der Waals surface area contributed by atoms with Gasteiger partial charge in [0, 0.05) is 44.6 Å². The van der Waals surface area contributed by atoms with Crippen LogP contribution >= 0.6 is 34.8 Å². The van der Waals surface area contributed by atoms with Gasteiger partial charge in [-0.3, -0.25) is 9.44 Å². The number of ether oxygens (including phenoxy) is 1. The number of benzene rings is 4. The summed E-state index contributed by atoms with van der Waals surface area (Å²) in [7, 11) is -7.34. The van der Waals surface area contributed by atoms with Crippen molar-refractivity contribution in [2.45, 2.75) is 16.7 Å². The van der Waals surface area contributed by atoms with E-state index >= 15 is 0 Å². The van der Waals surface area contributed by atoms with Gasteiger partial charge in [0.05, 0.1) is 16.4 Å². The average molecular weight is 716 g/mol. The zero-order valence-electron chi connectivity index (χ0n) is 24.0. The molecule has 0 saturated carbocycles. The summed E-state index contributed by atoms with van der Waals surface area (Å²) >= 11 is 17.6. The van der Waals surface area contributed by atoms with Crippen molar-refractivity contribution in [1.29, 1.82) is 0 Å².